The Morgan fingerprint density at radius 1 is 1.47 bits per heavy atom. The maximum atomic E-state index is 5.05. The van der Waals surface area contributed by atoms with Gasteiger partial charge >= 0.3 is 0 Å². The molecule has 0 amide bonds. The highest BCUT2D eigenvalue weighted by Gasteiger charge is 2.21. The van der Waals surface area contributed by atoms with Crippen LogP contribution in [0.4, 0.5) is 0 Å². The lowest BCUT2D eigenvalue weighted by molar-refractivity contribution is 0.189. The highest BCUT2D eigenvalue weighted by Crippen LogP contribution is 2.27. The van der Waals surface area contributed by atoms with Crippen LogP contribution in [-0.2, 0) is 11.2 Å². The van der Waals surface area contributed by atoms with E-state index in [1.807, 2.05) is 0 Å². The predicted octanol–water partition coefficient (Wildman–Crippen LogP) is 3.33. The molecule has 0 radical (unpaired) electrons. The monoisotopic (exact) mass is 255 g/mol. The molecule has 1 aromatic rings. The molecular formula is C14H25NOS. The minimum absolute atomic E-state index is 0.398. The minimum Gasteiger partial charge on any atom is -0.383 e. The SMILES string of the molecule is CCC(C)(CCc1ccsc1)CNCCOC. The average molecular weight is 255 g/mol. The molecule has 1 aromatic heterocycles. The van der Waals surface area contributed by atoms with Crippen LogP contribution in [0.5, 0.6) is 0 Å². The van der Waals surface area contributed by atoms with Crippen LogP contribution in [0.25, 0.3) is 0 Å². The predicted molar refractivity (Wildman–Crippen MR) is 75.8 cm³/mol. The van der Waals surface area contributed by atoms with E-state index in [2.05, 4.69) is 36.0 Å². The van der Waals surface area contributed by atoms with E-state index in [1.54, 1.807) is 18.4 Å². The molecule has 0 aliphatic heterocycles. The number of hydrogen-bond donors (Lipinski definition) is 1. The number of methoxy groups -OCH3 is 1. The molecule has 17 heavy (non-hydrogen) atoms. The summed E-state index contributed by atoms with van der Waals surface area (Å²) in [6.45, 7) is 7.48. The summed E-state index contributed by atoms with van der Waals surface area (Å²) in [5.74, 6) is 0. The lowest BCUT2D eigenvalue weighted by Gasteiger charge is -2.28. The molecule has 1 rings (SSSR count). The van der Waals surface area contributed by atoms with Crippen molar-refractivity contribution >= 4 is 11.3 Å². The van der Waals surface area contributed by atoms with Crippen LogP contribution in [-0.4, -0.2) is 26.8 Å². The molecule has 0 aliphatic rings. The summed E-state index contributed by atoms with van der Waals surface area (Å²) in [5.41, 5.74) is 1.88. The second-order valence-corrected chi connectivity index (χ2v) is 5.75. The van der Waals surface area contributed by atoms with Gasteiger partial charge in [-0.25, -0.2) is 0 Å². The van der Waals surface area contributed by atoms with Gasteiger partial charge in [0.25, 0.3) is 0 Å². The van der Waals surface area contributed by atoms with Gasteiger partial charge in [0.2, 0.25) is 0 Å². The normalized spacial score (nSPS) is 14.8. The molecule has 0 aromatic carbocycles. The van der Waals surface area contributed by atoms with E-state index < -0.39 is 0 Å². The summed E-state index contributed by atoms with van der Waals surface area (Å²) in [4.78, 5) is 0. The van der Waals surface area contributed by atoms with Gasteiger partial charge in [0.1, 0.15) is 0 Å². The molecule has 0 saturated heterocycles. The second-order valence-electron chi connectivity index (χ2n) is 4.97. The zero-order valence-electron chi connectivity index (χ0n) is 11.3. The van der Waals surface area contributed by atoms with Crippen molar-refractivity contribution in [2.75, 3.05) is 26.8 Å². The lowest BCUT2D eigenvalue weighted by atomic mass is 9.82. The van der Waals surface area contributed by atoms with E-state index in [1.165, 1.54) is 24.8 Å². The van der Waals surface area contributed by atoms with E-state index in [4.69, 9.17) is 4.74 Å². The van der Waals surface area contributed by atoms with Crippen molar-refractivity contribution in [2.24, 2.45) is 5.41 Å². The highest BCUT2D eigenvalue weighted by molar-refractivity contribution is 7.07. The van der Waals surface area contributed by atoms with Gasteiger partial charge in [0.15, 0.2) is 0 Å². The molecule has 1 unspecified atom stereocenters. The Hall–Kier alpha value is -0.380. The molecule has 0 spiro atoms. The van der Waals surface area contributed by atoms with Crippen molar-refractivity contribution in [1.29, 1.82) is 0 Å². The second kappa shape index (κ2) is 7.85. The van der Waals surface area contributed by atoms with Crippen molar-refractivity contribution in [3.05, 3.63) is 22.4 Å². The zero-order chi connectivity index (χ0) is 12.6. The maximum absolute atomic E-state index is 5.05. The first kappa shape index (κ1) is 14.7. The lowest BCUT2D eigenvalue weighted by Crippen LogP contribution is -2.33. The topological polar surface area (TPSA) is 21.3 Å². The maximum Gasteiger partial charge on any atom is 0.0587 e. The van der Waals surface area contributed by atoms with Crippen LogP contribution in [0, 0.1) is 5.41 Å². The van der Waals surface area contributed by atoms with Crippen molar-refractivity contribution in [1.82, 2.24) is 5.32 Å². The number of thiophene rings is 1. The Bertz CT molecular complexity index is 286. The molecule has 3 heteroatoms. The van der Waals surface area contributed by atoms with Gasteiger partial charge in [-0.2, -0.15) is 11.3 Å². The fourth-order valence-corrected chi connectivity index (χ4v) is 2.54. The first-order valence-electron chi connectivity index (χ1n) is 6.41. The third-order valence-corrected chi connectivity index (χ3v) is 4.22. The third kappa shape index (κ3) is 5.66. The molecule has 2 nitrogen and oxygen atoms in total. The van der Waals surface area contributed by atoms with Crippen molar-refractivity contribution in [3.8, 4) is 0 Å². The number of hydrogen-bond acceptors (Lipinski definition) is 3. The van der Waals surface area contributed by atoms with Gasteiger partial charge in [-0.3, -0.25) is 0 Å². The van der Waals surface area contributed by atoms with Crippen LogP contribution in [0.15, 0.2) is 16.8 Å². The number of ether oxygens (including phenoxy) is 1. The van der Waals surface area contributed by atoms with Gasteiger partial charge in [0, 0.05) is 20.2 Å². The highest BCUT2D eigenvalue weighted by atomic mass is 32.1. The van der Waals surface area contributed by atoms with Gasteiger partial charge in [-0.05, 0) is 47.1 Å². The zero-order valence-corrected chi connectivity index (χ0v) is 12.1. The van der Waals surface area contributed by atoms with E-state index in [0.29, 0.717) is 5.41 Å². The smallest absolute Gasteiger partial charge is 0.0587 e. The molecule has 1 N–H and O–H groups in total. The first-order chi connectivity index (χ1) is 8.20. The van der Waals surface area contributed by atoms with Crippen LogP contribution in [0.1, 0.15) is 32.3 Å². The van der Waals surface area contributed by atoms with Gasteiger partial charge in [0.05, 0.1) is 6.61 Å². The minimum atomic E-state index is 0.398. The molecule has 1 heterocycles. The Labute approximate surface area is 109 Å². The van der Waals surface area contributed by atoms with Crippen LogP contribution >= 0.6 is 11.3 Å². The molecule has 0 fully saturated rings. The Kier molecular flexibility index (Phi) is 6.78. The summed E-state index contributed by atoms with van der Waals surface area (Å²) in [6, 6.07) is 2.24. The number of nitrogens with one attached hydrogen (secondary N) is 1. The van der Waals surface area contributed by atoms with Gasteiger partial charge < -0.3 is 10.1 Å². The quantitative estimate of drug-likeness (QED) is 0.683. The van der Waals surface area contributed by atoms with E-state index >= 15 is 0 Å². The molecule has 0 bridgehead atoms. The Balaban J connectivity index is 2.29. The molecular weight excluding hydrogens is 230 g/mol. The Morgan fingerprint density at radius 3 is 2.88 bits per heavy atom. The summed E-state index contributed by atoms with van der Waals surface area (Å²) in [5, 5.41) is 7.91. The van der Waals surface area contributed by atoms with E-state index in [9.17, 15) is 0 Å². The van der Waals surface area contributed by atoms with Crippen LogP contribution in [0.2, 0.25) is 0 Å². The van der Waals surface area contributed by atoms with Crippen molar-refractivity contribution in [3.63, 3.8) is 0 Å². The third-order valence-electron chi connectivity index (χ3n) is 3.49. The summed E-state index contributed by atoms with van der Waals surface area (Å²) in [7, 11) is 1.75. The number of aryl methyl sites for hydroxylation is 1. The van der Waals surface area contributed by atoms with Crippen molar-refractivity contribution in [2.45, 2.75) is 33.1 Å². The summed E-state index contributed by atoms with van der Waals surface area (Å²) >= 11 is 1.79. The first-order valence-corrected chi connectivity index (χ1v) is 7.35. The standard InChI is InChI=1S/C14H25NOS/c1-4-14(2,12-15-8-9-16-3)7-5-13-6-10-17-11-13/h6,10-11,15H,4-5,7-9,12H2,1-3H3. The largest absolute Gasteiger partial charge is 0.383 e. The van der Waals surface area contributed by atoms with Crippen molar-refractivity contribution < 1.29 is 4.74 Å². The van der Waals surface area contributed by atoms with Crippen LogP contribution in [0.3, 0.4) is 0 Å². The van der Waals surface area contributed by atoms with E-state index in [0.717, 1.165) is 19.7 Å². The number of rotatable bonds is 9. The molecule has 98 valence electrons. The fraction of sp³-hybridized carbons (Fsp3) is 0.714. The molecule has 0 aliphatic carbocycles. The average Bonchev–Trinajstić information content (AvgIpc) is 2.85. The molecule has 0 saturated carbocycles. The summed E-state index contributed by atoms with van der Waals surface area (Å²) in [6.07, 6.45) is 3.66. The fourth-order valence-electron chi connectivity index (χ4n) is 1.84. The van der Waals surface area contributed by atoms with Gasteiger partial charge in [-0.15, -0.1) is 0 Å². The summed E-state index contributed by atoms with van der Waals surface area (Å²) < 4.78 is 5.05. The molecule has 1 atom stereocenters. The Morgan fingerprint density at radius 2 is 2.29 bits per heavy atom. The van der Waals surface area contributed by atoms with Crippen LogP contribution < -0.4 is 5.32 Å². The van der Waals surface area contributed by atoms with Gasteiger partial charge in [-0.1, -0.05) is 13.8 Å². The van der Waals surface area contributed by atoms with E-state index in [-0.39, 0.29) is 0 Å².